The van der Waals surface area contributed by atoms with E-state index in [-0.39, 0.29) is 5.91 Å². The van der Waals surface area contributed by atoms with Gasteiger partial charge in [0.1, 0.15) is 0 Å². The van der Waals surface area contributed by atoms with Crippen LogP contribution in [-0.2, 0) is 4.79 Å². The average Bonchev–Trinajstić information content (AvgIpc) is 2.84. The van der Waals surface area contributed by atoms with Crippen molar-refractivity contribution in [1.29, 1.82) is 0 Å². The van der Waals surface area contributed by atoms with Crippen molar-refractivity contribution in [3.63, 3.8) is 0 Å². The van der Waals surface area contributed by atoms with Crippen LogP contribution in [0, 0.1) is 6.92 Å². The lowest BCUT2D eigenvalue weighted by molar-refractivity contribution is -0.115. The Hall–Kier alpha value is -2.04. The van der Waals surface area contributed by atoms with E-state index in [9.17, 15) is 4.79 Å². The van der Waals surface area contributed by atoms with Gasteiger partial charge in [-0.3, -0.25) is 4.79 Å². The first-order valence-corrected chi connectivity index (χ1v) is 7.92. The Morgan fingerprint density at radius 1 is 1.14 bits per heavy atom. The number of para-hydroxylation sites is 1. The third-order valence-corrected chi connectivity index (χ3v) is 4.33. The number of carbonyl (C=O) groups is 1. The molecule has 22 heavy (non-hydrogen) atoms. The average molecular weight is 329 g/mol. The van der Waals surface area contributed by atoms with Gasteiger partial charge < -0.3 is 5.32 Å². The molecule has 2 aromatic carbocycles. The fourth-order valence-corrected chi connectivity index (χ4v) is 2.96. The van der Waals surface area contributed by atoms with E-state index in [1.807, 2.05) is 55.5 Å². The van der Waals surface area contributed by atoms with Crippen LogP contribution in [0.15, 0.2) is 58.4 Å². The van der Waals surface area contributed by atoms with Crippen molar-refractivity contribution in [2.24, 2.45) is 4.99 Å². The fraction of sp³-hybridized carbons (Fsp3) is 0.0588. The molecule has 1 saturated heterocycles. The molecule has 2 aromatic rings. The SMILES string of the molecule is Cc1ccc(C=C2SC(=Nc3ccccc3Cl)NC2=O)cc1. The van der Waals surface area contributed by atoms with Gasteiger partial charge in [-0.2, -0.15) is 0 Å². The Morgan fingerprint density at radius 2 is 1.86 bits per heavy atom. The highest BCUT2D eigenvalue weighted by molar-refractivity contribution is 8.18. The topological polar surface area (TPSA) is 41.5 Å². The zero-order chi connectivity index (χ0) is 15.5. The molecule has 1 aliphatic rings. The van der Waals surface area contributed by atoms with Gasteiger partial charge in [-0.1, -0.05) is 53.6 Å². The lowest BCUT2D eigenvalue weighted by Gasteiger charge is -1.98. The van der Waals surface area contributed by atoms with Crippen molar-refractivity contribution >= 4 is 46.2 Å². The summed E-state index contributed by atoms with van der Waals surface area (Å²) >= 11 is 7.39. The van der Waals surface area contributed by atoms with Crippen LogP contribution in [0.3, 0.4) is 0 Å². The molecule has 0 aromatic heterocycles. The highest BCUT2D eigenvalue weighted by atomic mass is 35.5. The minimum absolute atomic E-state index is 0.142. The molecule has 0 aliphatic carbocycles. The molecule has 0 atom stereocenters. The van der Waals surface area contributed by atoms with Gasteiger partial charge in [-0.25, -0.2) is 4.99 Å². The van der Waals surface area contributed by atoms with E-state index in [1.165, 1.54) is 17.3 Å². The van der Waals surface area contributed by atoms with Gasteiger partial charge in [0.05, 0.1) is 15.6 Å². The molecule has 1 fully saturated rings. The van der Waals surface area contributed by atoms with E-state index >= 15 is 0 Å². The zero-order valence-corrected chi connectivity index (χ0v) is 13.4. The lowest BCUT2D eigenvalue weighted by atomic mass is 10.1. The number of thioether (sulfide) groups is 1. The van der Waals surface area contributed by atoms with Crippen LogP contribution in [0.25, 0.3) is 6.08 Å². The van der Waals surface area contributed by atoms with Crippen molar-refractivity contribution in [3.05, 3.63) is 69.6 Å². The monoisotopic (exact) mass is 328 g/mol. The molecule has 5 heteroatoms. The summed E-state index contributed by atoms with van der Waals surface area (Å²) in [4.78, 5) is 17.0. The zero-order valence-electron chi connectivity index (χ0n) is 11.8. The number of rotatable bonds is 2. The van der Waals surface area contributed by atoms with Crippen LogP contribution in [0.1, 0.15) is 11.1 Å². The van der Waals surface area contributed by atoms with Crippen LogP contribution in [0.4, 0.5) is 5.69 Å². The van der Waals surface area contributed by atoms with E-state index in [0.717, 1.165) is 5.56 Å². The van der Waals surface area contributed by atoms with Crippen molar-refractivity contribution < 1.29 is 4.79 Å². The number of hydrogen-bond acceptors (Lipinski definition) is 3. The van der Waals surface area contributed by atoms with Crippen molar-refractivity contribution in [3.8, 4) is 0 Å². The smallest absolute Gasteiger partial charge is 0.264 e. The number of nitrogens with zero attached hydrogens (tertiary/aromatic N) is 1. The van der Waals surface area contributed by atoms with Gasteiger partial charge in [0.25, 0.3) is 5.91 Å². The molecule has 0 radical (unpaired) electrons. The van der Waals surface area contributed by atoms with Gasteiger partial charge in [-0.15, -0.1) is 0 Å². The number of aryl methyl sites for hydroxylation is 1. The molecular formula is C17H13ClN2OS. The van der Waals surface area contributed by atoms with E-state index in [1.54, 1.807) is 6.07 Å². The molecule has 110 valence electrons. The number of benzene rings is 2. The van der Waals surface area contributed by atoms with Gasteiger partial charge in [0.2, 0.25) is 0 Å². The van der Waals surface area contributed by atoms with Gasteiger partial charge in [0.15, 0.2) is 5.17 Å². The number of halogens is 1. The summed E-state index contributed by atoms with van der Waals surface area (Å²) < 4.78 is 0. The van der Waals surface area contributed by atoms with E-state index in [0.29, 0.717) is 20.8 Å². The summed E-state index contributed by atoms with van der Waals surface area (Å²) in [5.74, 6) is -0.142. The first kappa shape index (κ1) is 14.9. The predicted molar refractivity (Wildman–Crippen MR) is 93.4 cm³/mol. The molecule has 0 spiro atoms. The predicted octanol–water partition coefficient (Wildman–Crippen LogP) is 4.54. The Kier molecular flexibility index (Phi) is 4.32. The minimum atomic E-state index is -0.142. The molecule has 1 N–H and O–H groups in total. The summed E-state index contributed by atoms with van der Waals surface area (Å²) in [5, 5.41) is 3.85. The standard InChI is InChI=1S/C17H13ClN2OS/c1-11-6-8-12(9-7-11)10-15-16(21)20-17(22-15)19-14-5-3-2-4-13(14)18/h2-10H,1H3,(H,19,20,21). The highest BCUT2D eigenvalue weighted by Crippen LogP contribution is 2.30. The van der Waals surface area contributed by atoms with Crippen LogP contribution >= 0.6 is 23.4 Å². The molecular weight excluding hydrogens is 316 g/mol. The summed E-state index contributed by atoms with van der Waals surface area (Å²) in [7, 11) is 0. The van der Waals surface area contributed by atoms with Crippen LogP contribution in [0.2, 0.25) is 5.02 Å². The maximum atomic E-state index is 12.0. The quantitative estimate of drug-likeness (QED) is 0.822. The molecule has 1 aliphatic heterocycles. The van der Waals surface area contributed by atoms with Crippen LogP contribution in [0.5, 0.6) is 0 Å². The van der Waals surface area contributed by atoms with Gasteiger partial charge >= 0.3 is 0 Å². The summed E-state index contributed by atoms with van der Waals surface area (Å²) in [6.07, 6.45) is 1.86. The highest BCUT2D eigenvalue weighted by Gasteiger charge is 2.23. The third-order valence-electron chi connectivity index (χ3n) is 3.10. The Bertz CT molecular complexity index is 782. The maximum absolute atomic E-state index is 12.0. The van der Waals surface area contributed by atoms with Gasteiger partial charge in [0, 0.05) is 0 Å². The molecule has 3 rings (SSSR count). The van der Waals surface area contributed by atoms with E-state index in [2.05, 4.69) is 10.3 Å². The number of hydrogen-bond donors (Lipinski definition) is 1. The number of amidine groups is 1. The van der Waals surface area contributed by atoms with Crippen LogP contribution < -0.4 is 5.32 Å². The van der Waals surface area contributed by atoms with Crippen molar-refractivity contribution in [2.45, 2.75) is 6.92 Å². The second-order valence-electron chi connectivity index (χ2n) is 4.84. The fourth-order valence-electron chi connectivity index (χ4n) is 1.95. The summed E-state index contributed by atoms with van der Waals surface area (Å²) in [6, 6.07) is 15.3. The Balaban J connectivity index is 1.84. The number of carbonyl (C=O) groups excluding carboxylic acids is 1. The number of nitrogens with one attached hydrogen (secondary N) is 1. The van der Waals surface area contributed by atoms with E-state index < -0.39 is 0 Å². The molecule has 0 bridgehead atoms. The lowest BCUT2D eigenvalue weighted by Crippen LogP contribution is -2.19. The summed E-state index contributed by atoms with van der Waals surface area (Å²) in [5.41, 5.74) is 2.82. The number of amides is 1. The Labute approximate surface area is 138 Å². The van der Waals surface area contributed by atoms with Crippen molar-refractivity contribution in [2.75, 3.05) is 0 Å². The first-order valence-electron chi connectivity index (χ1n) is 6.72. The maximum Gasteiger partial charge on any atom is 0.264 e. The normalized spacial score (nSPS) is 18.0. The third kappa shape index (κ3) is 3.40. The first-order chi connectivity index (χ1) is 10.6. The van der Waals surface area contributed by atoms with Crippen molar-refractivity contribution in [1.82, 2.24) is 5.32 Å². The molecule has 1 amide bonds. The number of aliphatic imine (C=N–C) groups is 1. The van der Waals surface area contributed by atoms with Gasteiger partial charge in [-0.05, 0) is 42.5 Å². The molecule has 0 saturated carbocycles. The molecule has 1 heterocycles. The second kappa shape index (κ2) is 6.38. The minimum Gasteiger partial charge on any atom is -0.300 e. The second-order valence-corrected chi connectivity index (χ2v) is 6.28. The molecule has 3 nitrogen and oxygen atoms in total. The van der Waals surface area contributed by atoms with E-state index in [4.69, 9.17) is 11.6 Å². The molecule has 0 unspecified atom stereocenters. The Morgan fingerprint density at radius 3 is 2.59 bits per heavy atom. The summed E-state index contributed by atoms with van der Waals surface area (Å²) in [6.45, 7) is 2.03. The largest absolute Gasteiger partial charge is 0.300 e. The van der Waals surface area contributed by atoms with Crippen LogP contribution in [-0.4, -0.2) is 11.1 Å².